The molecule has 0 aromatic heterocycles. The predicted octanol–water partition coefficient (Wildman–Crippen LogP) is 4.32. The van der Waals surface area contributed by atoms with E-state index in [9.17, 15) is 9.18 Å². The van der Waals surface area contributed by atoms with Crippen molar-refractivity contribution in [2.24, 2.45) is 0 Å². The van der Waals surface area contributed by atoms with E-state index in [0.29, 0.717) is 19.6 Å². The molecule has 0 aliphatic rings. The molecule has 0 unspecified atom stereocenters. The monoisotopic (exact) mass is 364 g/mol. The molecule has 3 nitrogen and oxygen atoms in total. The molecular weight excluding hydrogens is 347 g/mol. The van der Waals surface area contributed by atoms with E-state index in [2.05, 4.69) is 21.2 Å². The summed E-state index contributed by atoms with van der Waals surface area (Å²) in [4.78, 5) is 13.9. The first kappa shape index (κ1) is 16.5. The van der Waals surface area contributed by atoms with Gasteiger partial charge in [-0.2, -0.15) is 0 Å². The Hall–Kier alpha value is -1.88. The van der Waals surface area contributed by atoms with Gasteiger partial charge in [-0.3, -0.25) is 0 Å². The predicted molar refractivity (Wildman–Crippen MR) is 88.9 cm³/mol. The summed E-state index contributed by atoms with van der Waals surface area (Å²) in [6.07, 6.45) is 0. The standard InChI is InChI=1S/C17H18BrFN2O/c1-2-21(12-14-6-4-8-16(19)10-14)17(22)20-11-13-5-3-7-15(18)9-13/h3-10H,2,11-12H2,1H3,(H,20,22). The number of benzene rings is 2. The van der Waals surface area contributed by atoms with Gasteiger partial charge in [0.1, 0.15) is 5.82 Å². The first-order chi connectivity index (χ1) is 10.6. The average Bonchev–Trinajstić information content (AvgIpc) is 2.50. The van der Waals surface area contributed by atoms with E-state index in [-0.39, 0.29) is 11.8 Å². The number of halogens is 2. The van der Waals surface area contributed by atoms with Crippen molar-refractivity contribution in [1.82, 2.24) is 10.2 Å². The van der Waals surface area contributed by atoms with Crippen LogP contribution in [0.25, 0.3) is 0 Å². The fourth-order valence-electron chi connectivity index (χ4n) is 2.12. The van der Waals surface area contributed by atoms with Gasteiger partial charge in [0.2, 0.25) is 0 Å². The Balaban J connectivity index is 1.94. The van der Waals surface area contributed by atoms with Crippen LogP contribution in [0.2, 0.25) is 0 Å². The van der Waals surface area contributed by atoms with Crippen molar-refractivity contribution in [3.8, 4) is 0 Å². The Bertz CT molecular complexity index is 648. The molecule has 0 aliphatic heterocycles. The summed E-state index contributed by atoms with van der Waals surface area (Å²) >= 11 is 3.40. The molecule has 5 heteroatoms. The van der Waals surface area contributed by atoms with Crippen molar-refractivity contribution in [2.75, 3.05) is 6.54 Å². The lowest BCUT2D eigenvalue weighted by atomic mass is 10.2. The number of hydrogen-bond acceptors (Lipinski definition) is 1. The van der Waals surface area contributed by atoms with Crippen LogP contribution in [-0.4, -0.2) is 17.5 Å². The second kappa shape index (κ2) is 7.94. The third kappa shape index (κ3) is 4.84. The van der Waals surface area contributed by atoms with Crippen molar-refractivity contribution >= 4 is 22.0 Å². The maximum Gasteiger partial charge on any atom is 0.317 e. The van der Waals surface area contributed by atoms with E-state index >= 15 is 0 Å². The molecule has 2 amide bonds. The van der Waals surface area contributed by atoms with E-state index in [1.165, 1.54) is 12.1 Å². The lowest BCUT2D eigenvalue weighted by Gasteiger charge is -2.21. The normalized spacial score (nSPS) is 10.3. The second-order valence-electron chi connectivity index (χ2n) is 4.93. The Morgan fingerprint density at radius 3 is 2.59 bits per heavy atom. The van der Waals surface area contributed by atoms with Gasteiger partial charge in [-0.05, 0) is 42.3 Å². The minimum atomic E-state index is -0.289. The lowest BCUT2D eigenvalue weighted by molar-refractivity contribution is 0.197. The SMILES string of the molecule is CCN(Cc1cccc(F)c1)C(=O)NCc1cccc(Br)c1. The largest absolute Gasteiger partial charge is 0.334 e. The third-order valence-corrected chi connectivity index (χ3v) is 3.76. The molecule has 2 rings (SSSR count). The van der Waals surface area contributed by atoms with Crippen molar-refractivity contribution in [2.45, 2.75) is 20.0 Å². The van der Waals surface area contributed by atoms with Gasteiger partial charge in [-0.15, -0.1) is 0 Å². The van der Waals surface area contributed by atoms with Gasteiger partial charge in [0.05, 0.1) is 0 Å². The number of nitrogens with zero attached hydrogens (tertiary/aromatic N) is 1. The smallest absolute Gasteiger partial charge is 0.317 e. The molecule has 22 heavy (non-hydrogen) atoms. The minimum Gasteiger partial charge on any atom is -0.334 e. The van der Waals surface area contributed by atoms with Gasteiger partial charge in [0.25, 0.3) is 0 Å². The van der Waals surface area contributed by atoms with Crippen molar-refractivity contribution in [3.63, 3.8) is 0 Å². The number of urea groups is 1. The van der Waals surface area contributed by atoms with Crippen LogP contribution in [0.1, 0.15) is 18.1 Å². The fraction of sp³-hybridized carbons (Fsp3) is 0.235. The zero-order valence-corrected chi connectivity index (χ0v) is 13.9. The molecule has 0 radical (unpaired) electrons. The highest BCUT2D eigenvalue weighted by atomic mass is 79.9. The zero-order valence-electron chi connectivity index (χ0n) is 12.4. The van der Waals surface area contributed by atoms with Crippen molar-refractivity contribution in [1.29, 1.82) is 0 Å². The lowest BCUT2D eigenvalue weighted by Crippen LogP contribution is -2.39. The molecule has 116 valence electrons. The first-order valence-electron chi connectivity index (χ1n) is 7.10. The minimum absolute atomic E-state index is 0.160. The summed E-state index contributed by atoms with van der Waals surface area (Å²) in [6, 6.07) is 13.9. The van der Waals surface area contributed by atoms with Crippen molar-refractivity contribution in [3.05, 3.63) is 69.9 Å². The van der Waals surface area contributed by atoms with Crippen LogP contribution in [0.4, 0.5) is 9.18 Å². The van der Waals surface area contributed by atoms with Gasteiger partial charge in [0.15, 0.2) is 0 Å². The topological polar surface area (TPSA) is 32.3 Å². The molecule has 0 aliphatic carbocycles. The number of rotatable bonds is 5. The fourth-order valence-corrected chi connectivity index (χ4v) is 2.57. The molecule has 0 spiro atoms. The number of hydrogen-bond donors (Lipinski definition) is 1. The number of amides is 2. The quantitative estimate of drug-likeness (QED) is 0.841. The van der Waals surface area contributed by atoms with E-state index in [1.54, 1.807) is 11.0 Å². The van der Waals surface area contributed by atoms with E-state index in [1.807, 2.05) is 37.3 Å². The van der Waals surface area contributed by atoms with Crippen LogP contribution in [0, 0.1) is 5.82 Å². The summed E-state index contributed by atoms with van der Waals surface area (Å²) in [5.74, 6) is -0.289. The second-order valence-corrected chi connectivity index (χ2v) is 5.85. The Labute approximate surface area is 138 Å². The average molecular weight is 365 g/mol. The van der Waals surface area contributed by atoms with E-state index < -0.39 is 0 Å². The molecule has 1 N–H and O–H groups in total. The molecule has 0 saturated heterocycles. The highest BCUT2D eigenvalue weighted by molar-refractivity contribution is 9.10. The number of carbonyl (C=O) groups is 1. The molecule has 0 saturated carbocycles. The Morgan fingerprint density at radius 2 is 1.91 bits per heavy atom. The van der Waals surface area contributed by atoms with Crippen LogP contribution >= 0.6 is 15.9 Å². The molecule has 0 fully saturated rings. The molecule has 0 heterocycles. The van der Waals surface area contributed by atoms with Gasteiger partial charge in [-0.1, -0.05) is 40.2 Å². The summed E-state index contributed by atoms with van der Waals surface area (Å²) in [5.41, 5.74) is 1.80. The molecular formula is C17H18BrFN2O. The number of carbonyl (C=O) groups excluding carboxylic acids is 1. The number of nitrogens with one attached hydrogen (secondary N) is 1. The highest BCUT2D eigenvalue weighted by Gasteiger charge is 2.12. The third-order valence-electron chi connectivity index (χ3n) is 3.26. The summed E-state index contributed by atoms with van der Waals surface area (Å²) in [5, 5.41) is 2.88. The molecule has 2 aromatic rings. The van der Waals surface area contributed by atoms with E-state index in [4.69, 9.17) is 0 Å². The zero-order chi connectivity index (χ0) is 15.9. The van der Waals surface area contributed by atoms with Crippen LogP contribution in [-0.2, 0) is 13.1 Å². The Kier molecular flexibility index (Phi) is 5.95. The summed E-state index contributed by atoms with van der Waals surface area (Å²) < 4.78 is 14.2. The first-order valence-corrected chi connectivity index (χ1v) is 7.89. The van der Waals surface area contributed by atoms with Gasteiger partial charge < -0.3 is 10.2 Å². The van der Waals surface area contributed by atoms with Gasteiger partial charge in [-0.25, -0.2) is 9.18 Å². The maximum absolute atomic E-state index is 13.2. The van der Waals surface area contributed by atoms with Gasteiger partial charge >= 0.3 is 6.03 Å². The molecule has 2 aromatic carbocycles. The molecule has 0 atom stereocenters. The summed E-state index contributed by atoms with van der Waals surface area (Å²) in [7, 11) is 0. The highest BCUT2D eigenvalue weighted by Crippen LogP contribution is 2.12. The molecule has 0 bridgehead atoms. The van der Waals surface area contributed by atoms with Crippen LogP contribution in [0.15, 0.2) is 53.0 Å². The van der Waals surface area contributed by atoms with Crippen molar-refractivity contribution < 1.29 is 9.18 Å². The van der Waals surface area contributed by atoms with Crippen LogP contribution in [0.3, 0.4) is 0 Å². The maximum atomic E-state index is 13.2. The Morgan fingerprint density at radius 1 is 1.18 bits per heavy atom. The van der Waals surface area contributed by atoms with Crippen LogP contribution in [0.5, 0.6) is 0 Å². The van der Waals surface area contributed by atoms with Gasteiger partial charge in [0, 0.05) is 24.1 Å². The van der Waals surface area contributed by atoms with Crippen LogP contribution < -0.4 is 5.32 Å². The van der Waals surface area contributed by atoms with E-state index in [0.717, 1.165) is 15.6 Å². The summed E-state index contributed by atoms with van der Waals surface area (Å²) in [6.45, 7) is 3.30.